The van der Waals surface area contributed by atoms with Crippen LogP contribution in [0.4, 0.5) is 18.9 Å². The predicted octanol–water partition coefficient (Wildman–Crippen LogP) is 4.88. The number of fused-ring (bicyclic) bond motifs is 1. The highest BCUT2D eigenvalue weighted by molar-refractivity contribution is 7.92. The first-order chi connectivity index (χ1) is 13.2. The van der Waals surface area contributed by atoms with Gasteiger partial charge in [0.1, 0.15) is 0 Å². The molecule has 4 aromatic rings. The number of anilines is 1. The molecule has 4 rings (SSSR count). The van der Waals surface area contributed by atoms with Crippen LogP contribution in [0.3, 0.4) is 0 Å². The second kappa shape index (κ2) is 6.64. The lowest BCUT2D eigenvalue weighted by Gasteiger charge is -2.10. The van der Waals surface area contributed by atoms with Crippen molar-refractivity contribution in [1.82, 2.24) is 9.38 Å². The lowest BCUT2D eigenvalue weighted by molar-refractivity contribution is -0.137. The molecule has 0 amide bonds. The number of imidazole rings is 1. The van der Waals surface area contributed by atoms with Crippen molar-refractivity contribution in [2.75, 3.05) is 4.72 Å². The Labute approximate surface area is 162 Å². The van der Waals surface area contributed by atoms with Crippen molar-refractivity contribution in [3.8, 4) is 11.3 Å². The number of nitrogens with one attached hydrogen (secondary N) is 1. The summed E-state index contributed by atoms with van der Waals surface area (Å²) in [6.45, 7) is 0. The zero-order valence-electron chi connectivity index (χ0n) is 14.0. The van der Waals surface area contributed by atoms with E-state index in [1.165, 1.54) is 11.3 Å². The topological polar surface area (TPSA) is 63.5 Å². The predicted molar refractivity (Wildman–Crippen MR) is 101 cm³/mol. The Hall–Kier alpha value is -2.85. The molecule has 0 aliphatic carbocycles. The number of hydrogen-bond acceptors (Lipinski definition) is 4. The molecule has 5 nitrogen and oxygen atoms in total. The van der Waals surface area contributed by atoms with Gasteiger partial charge in [0.2, 0.25) is 0 Å². The fraction of sp³-hybridized carbons (Fsp3) is 0.0556. The molecule has 0 radical (unpaired) electrons. The summed E-state index contributed by atoms with van der Waals surface area (Å²) in [5.74, 6) is 0. The van der Waals surface area contributed by atoms with Gasteiger partial charge in [-0.05, 0) is 36.4 Å². The summed E-state index contributed by atoms with van der Waals surface area (Å²) in [6.07, 6.45) is -0.760. The van der Waals surface area contributed by atoms with Gasteiger partial charge in [0.05, 0.1) is 16.2 Å². The number of nitrogens with zero attached hydrogens (tertiary/aromatic N) is 2. The van der Waals surface area contributed by atoms with Gasteiger partial charge in [0.15, 0.2) is 4.96 Å². The molecule has 0 fully saturated rings. The Kier molecular flexibility index (Phi) is 4.39. The van der Waals surface area contributed by atoms with Gasteiger partial charge in [-0.25, -0.2) is 13.4 Å². The van der Waals surface area contributed by atoms with E-state index in [0.29, 0.717) is 5.69 Å². The average molecular weight is 423 g/mol. The van der Waals surface area contributed by atoms with E-state index in [0.717, 1.165) is 40.5 Å². The smallest absolute Gasteiger partial charge is 0.297 e. The standard InChI is InChI=1S/C18H12F3N3O2S2/c19-18(20,21)13-3-7-15(8-4-13)28(25,26)23-14-5-1-12(2-6-14)16-11-24-9-10-27-17(24)22-16/h1-11,23H. The molecule has 0 atom stereocenters. The molecule has 0 spiro atoms. The quantitative estimate of drug-likeness (QED) is 0.509. The summed E-state index contributed by atoms with van der Waals surface area (Å²) in [4.78, 5) is 5.07. The summed E-state index contributed by atoms with van der Waals surface area (Å²) < 4.78 is 66.9. The Morgan fingerprint density at radius 3 is 2.29 bits per heavy atom. The Morgan fingerprint density at radius 2 is 1.68 bits per heavy atom. The molecule has 0 saturated carbocycles. The Bertz CT molecular complexity index is 1200. The van der Waals surface area contributed by atoms with Gasteiger partial charge in [-0.3, -0.25) is 9.12 Å². The van der Waals surface area contributed by atoms with Gasteiger partial charge in [-0.15, -0.1) is 11.3 Å². The number of aromatic nitrogens is 2. The minimum Gasteiger partial charge on any atom is -0.297 e. The van der Waals surface area contributed by atoms with Crippen LogP contribution < -0.4 is 4.72 Å². The van der Waals surface area contributed by atoms with E-state index < -0.39 is 21.8 Å². The molecular formula is C18H12F3N3O2S2. The maximum absolute atomic E-state index is 12.6. The fourth-order valence-corrected chi connectivity index (χ4v) is 4.37. The summed E-state index contributed by atoms with van der Waals surface area (Å²) in [6, 6.07) is 9.92. The molecule has 144 valence electrons. The van der Waals surface area contributed by atoms with Crippen molar-refractivity contribution in [1.29, 1.82) is 0 Å². The van der Waals surface area contributed by atoms with Crippen molar-refractivity contribution < 1.29 is 21.6 Å². The highest BCUT2D eigenvalue weighted by atomic mass is 32.2. The lowest BCUT2D eigenvalue weighted by Crippen LogP contribution is -2.13. The molecule has 2 aromatic heterocycles. The molecule has 0 aliphatic rings. The van der Waals surface area contributed by atoms with Crippen molar-refractivity contribution in [2.24, 2.45) is 0 Å². The first kappa shape index (κ1) is 18.5. The zero-order chi connectivity index (χ0) is 19.9. The zero-order valence-corrected chi connectivity index (χ0v) is 15.6. The third-order valence-corrected chi connectivity index (χ3v) is 6.19. The summed E-state index contributed by atoms with van der Waals surface area (Å²) >= 11 is 1.50. The second-order valence-electron chi connectivity index (χ2n) is 5.92. The van der Waals surface area contributed by atoms with Gasteiger partial charge in [0, 0.05) is 29.0 Å². The third-order valence-electron chi connectivity index (χ3n) is 4.02. The molecule has 0 aliphatic heterocycles. The molecule has 2 heterocycles. The van der Waals surface area contributed by atoms with Crippen LogP contribution in [0.15, 0.2) is 71.2 Å². The molecule has 0 unspecified atom stereocenters. The van der Waals surface area contributed by atoms with E-state index >= 15 is 0 Å². The molecule has 28 heavy (non-hydrogen) atoms. The van der Waals surface area contributed by atoms with Gasteiger partial charge < -0.3 is 0 Å². The molecule has 1 N–H and O–H groups in total. The van der Waals surface area contributed by atoms with Gasteiger partial charge in [0.25, 0.3) is 10.0 Å². The highest BCUT2D eigenvalue weighted by Gasteiger charge is 2.30. The molecular weight excluding hydrogens is 411 g/mol. The van der Waals surface area contributed by atoms with Crippen LogP contribution >= 0.6 is 11.3 Å². The largest absolute Gasteiger partial charge is 0.416 e. The molecule has 10 heteroatoms. The van der Waals surface area contributed by atoms with Crippen LogP contribution in [0.1, 0.15) is 5.56 Å². The summed E-state index contributed by atoms with van der Waals surface area (Å²) in [5.41, 5.74) is 0.956. The van der Waals surface area contributed by atoms with Crippen LogP contribution in [0, 0.1) is 0 Å². The molecule has 0 bridgehead atoms. The van der Waals surface area contributed by atoms with Gasteiger partial charge >= 0.3 is 6.18 Å². The minimum absolute atomic E-state index is 0.251. The van der Waals surface area contributed by atoms with Gasteiger partial charge in [-0.1, -0.05) is 12.1 Å². The third kappa shape index (κ3) is 3.60. The van der Waals surface area contributed by atoms with E-state index in [1.807, 2.05) is 22.2 Å². The van der Waals surface area contributed by atoms with Crippen LogP contribution in [0.5, 0.6) is 0 Å². The maximum atomic E-state index is 12.6. The second-order valence-corrected chi connectivity index (χ2v) is 8.48. The van der Waals surface area contributed by atoms with E-state index in [4.69, 9.17) is 0 Å². The number of rotatable bonds is 4. The van der Waals surface area contributed by atoms with Crippen LogP contribution in [-0.2, 0) is 16.2 Å². The van der Waals surface area contributed by atoms with E-state index in [2.05, 4.69) is 9.71 Å². The van der Waals surface area contributed by atoms with Crippen molar-refractivity contribution in [2.45, 2.75) is 11.1 Å². The SMILES string of the molecule is O=S(=O)(Nc1ccc(-c2cn3ccsc3n2)cc1)c1ccc(C(F)(F)F)cc1. The average Bonchev–Trinajstić information content (AvgIpc) is 3.23. The Balaban J connectivity index is 1.54. The first-order valence-electron chi connectivity index (χ1n) is 7.95. The lowest BCUT2D eigenvalue weighted by atomic mass is 10.1. The number of halogens is 3. The highest BCUT2D eigenvalue weighted by Crippen LogP contribution is 2.30. The van der Waals surface area contributed by atoms with Crippen LogP contribution in [0.2, 0.25) is 0 Å². The number of hydrogen-bond donors (Lipinski definition) is 1. The first-order valence-corrected chi connectivity index (χ1v) is 10.3. The fourth-order valence-electron chi connectivity index (χ4n) is 2.61. The number of benzene rings is 2. The van der Waals surface area contributed by atoms with E-state index in [1.54, 1.807) is 24.3 Å². The number of alkyl halides is 3. The van der Waals surface area contributed by atoms with E-state index in [-0.39, 0.29) is 4.90 Å². The van der Waals surface area contributed by atoms with E-state index in [9.17, 15) is 21.6 Å². The van der Waals surface area contributed by atoms with Crippen molar-refractivity contribution in [3.05, 3.63) is 71.9 Å². The number of thiazole rings is 1. The van der Waals surface area contributed by atoms with Crippen LogP contribution in [-0.4, -0.2) is 17.8 Å². The minimum atomic E-state index is -4.52. The Morgan fingerprint density at radius 1 is 1.00 bits per heavy atom. The van der Waals surface area contributed by atoms with Crippen molar-refractivity contribution in [3.63, 3.8) is 0 Å². The van der Waals surface area contributed by atoms with Crippen LogP contribution in [0.25, 0.3) is 16.2 Å². The normalized spacial score (nSPS) is 12.4. The monoisotopic (exact) mass is 423 g/mol. The van der Waals surface area contributed by atoms with Crippen molar-refractivity contribution >= 4 is 32.0 Å². The maximum Gasteiger partial charge on any atom is 0.416 e. The molecule has 2 aromatic carbocycles. The number of sulfonamides is 1. The molecule has 0 saturated heterocycles. The summed E-state index contributed by atoms with van der Waals surface area (Å²) in [5, 5.41) is 1.92. The summed E-state index contributed by atoms with van der Waals surface area (Å²) in [7, 11) is -4.00. The van der Waals surface area contributed by atoms with Gasteiger partial charge in [-0.2, -0.15) is 13.2 Å².